The Bertz CT molecular complexity index is 813. The second kappa shape index (κ2) is 7.63. The standard InChI is InChI=1S/C17H18N4OS2/c1-13-8-9-23-15(13)10-20(2)16(22)11-24-17-19-18-12-21(17)14-6-4-3-5-7-14/h3-9,12H,10-11H2,1-2H3. The Morgan fingerprint density at radius 3 is 2.79 bits per heavy atom. The quantitative estimate of drug-likeness (QED) is 0.634. The molecule has 0 radical (unpaired) electrons. The number of benzene rings is 1. The van der Waals surface area contributed by atoms with E-state index in [-0.39, 0.29) is 5.91 Å². The van der Waals surface area contributed by atoms with E-state index in [1.165, 1.54) is 22.2 Å². The molecule has 3 rings (SSSR count). The summed E-state index contributed by atoms with van der Waals surface area (Å²) < 4.78 is 1.89. The number of thiophene rings is 1. The molecule has 0 aliphatic carbocycles. The number of para-hydroxylation sites is 1. The highest BCUT2D eigenvalue weighted by molar-refractivity contribution is 7.99. The molecule has 5 nitrogen and oxygen atoms in total. The molecule has 7 heteroatoms. The second-order valence-corrected chi connectivity index (χ2v) is 7.33. The molecule has 3 aromatic rings. The first-order valence-corrected chi connectivity index (χ1v) is 9.37. The van der Waals surface area contributed by atoms with E-state index in [4.69, 9.17) is 0 Å². The summed E-state index contributed by atoms with van der Waals surface area (Å²) in [5, 5.41) is 10.9. The molecule has 24 heavy (non-hydrogen) atoms. The van der Waals surface area contributed by atoms with Gasteiger partial charge in [0, 0.05) is 17.6 Å². The van der Waals surface area contributed by atoms with Crippen LogP contribution in [-0.4, -0.2) is 38.4 Å². The minimum atomic E-state index is 0.0791. The van der Waals surface area contributed by atoms with Gasteiger partial charge in [0.15, 0.2) is 5.16 Å². The van der Waals surface area contributed by atoms with Crippen molar-refractivity contribution in [2.45, 2.75) is 18.6 Å². The molecule has 1 amide bonds. The third-order valence-electron chi connectivity index (χ3n) is 3.65. The molecular formula is C17H18N4OS2. The number of nitrogens with zero attached hydrogens (tertiary/aromatic N) is 4. The van der Waals surface area contributed by atoms with E-state index >= 15 is 0 Å². The van der Waals surface area contributed by atoms with Gasteiger partial charge in [0.2, 0.25) is 5.91 Å². The Balaban J connectivity index is 1.61. The summed E-state index contributed by atoms with van der Waals surface area (Å²) >= 11 is 3.09. The lowest BCUT2D eigenvalue weighted by atomic mass is 10.3. The number of carbonyl (C=O) groups excluding carboxylic acids is 1. The van der Waals surface area contributed by atoms with Gasteiger partial charge in [-0.05, 0) is 36.1 Å². The topological polar surface area (TPSA) is 51.0 Å². The molecule has 0 fully saturated rings. The summed E-state index contributed by atoms with van der Waals surface area (Å²) in [5.41, 5.74) is 2.22. The zero-order chi connectivity index (χ0) is 16.9. The van der Waals surface area contributed by atoms with Crippen molar-refractivity contribution in [2.24, 2.45) is 0 Å². The van der Waals surface area contributed by atoms with Crippen molar-refractivity contribution >= 4 is 29.0 Å². The highest BCUT2D eigenvalue weighted by Gasteiger charge is 2.14. The second-order valence-electron chi connectivity index (χ2n) is 5.38. The smallest absolute Gasteiger partial charge is 0.233 e. The molecule has 124 valence electrons. The first kappa shape index (κ1) is 16.7. The fourth-order valence-electron chi connectivity index (χ4n) is 2.19. The maximum absolute atomic E-state index is 12.4. The molecule has 0 spiro atoms. The van der Waals surface area contributed by atoms with Crippen LogP contribution in [0.3, 0.4) is 0 Å². The van der Waals surface area contributed by atoms with Gasteiger partial charge >= 0.3 is 0 Å². The maximum atomic E-state index is 12.4. The van der Waals surface area contributed by atoms with E-state index in [2.05, 4.69) is 28.6 Å². The van der Waals surface area contributed by atoms with Gasteiger partial charge in [0.1, 0.15) is 6.33 Å². The number of hydrogen-bond acceptors (Lipinski definition) is 5. The lowest BCUT2D eigenvalue weighted by Crippen LogP contribution is -2.27. The molecule has 0 N–H and O–H groups in total. The van der Waals surface area contributed by atoms with Crippen LogP contribution in [-0.2, 0) is 11.3 Å². The summed E-state index contributed by atoms with van der Waals surface area (Å²) in [6.45, 7) is 2.72. The van der Waals surface area contributed by atoms with Crippen molar-refractivity contribution in [2.75, 3.05) is 12.8 Å². The van der Waals surface area contributed by atoms with Gasteiger partial charge in [-0.1, -0.05) is 30.0 Å². The number of carbonyl (C=O) groups is 1. The summed E-state index contributed by atoms with van der Waals surface area (Å²) in [6.07, 6.45) is 1.67. The highest BCUT2D eigenvalue weighted by atomic mass is 32.2. The molecule has 1 aromatic carbocycles. The average molecular weight is 358 g/mol. The fourth-order valence-corrected chi connectivity index (χ4v) is 4.02. The van der Waals surface area contributed by atoms with Crippen LogP contribution in [0, 0.1) is 6.92 Å². The Morgan fingerprint density at radius 2 is 2.08 bits per heavy atom. The van der Waals surface area contributed by atoms with Crippen LogP contribution >= 0.6 is 23.1 Å². The predicted octanol–water partition coefficient (Wildman–Crippen LogP) is 3.39. The van der Waals surface area contributed by atoms with Gasteiger partial charge in [-0.15, -0.1) is 21.5 Å². The Labute approximate surface area is 149 Å². The van der Waals surface area contributed by atoms with Crippen molar-refractivity contribution in [1.29, 1.82) is 0 Å². The Kier molecular flexibility index (Phi) is 5.32. The van der Waals surface area contributed by atoms with Crippen molar-refractivity contribution < 1.29 is 4.79 Å². The summed E-state index contributed by atoms with van der Waals surface area (Å²) in [7, 11) is 1.84. The van der Waals surface area contributed by atoms with Crippen LogP contribution in [0.15, 0.2) is 53.3 Å². The minimum absolute atomic E-state index is 0.0791. The largest absolute Gasteiger partial charge is 0.340 e. The number of rotatable bonds is 6. The molecular weight excluding hydrogens is 340 g/mol. The monoisotopic (exact) mass is 358 g/mol. The van der Waals surface area contributed by atoms with Crippen LogP contribution in [0.1, 0.15) is 10.4 Å². The van der Waals surface area contributed by atoms with Crippen molar-refractivity contribution in [1.82, 2.24) is 19.7 Å². The molecule has 0 bridgehead atoms. The van der Waals surface area contributed by atoms with Crippen LogP contribution in [0.2, 0.25) is 0 Å². The number of hydrogen-bond donors (Lipinski definition) is 0. The van der Waals surface area contributed by atoms with E-state index in [9.17, 15) is 4.79 Å². The van der Waals surface area contributed by atoms with E-state index in [1.807, 2.05) is 41.9 Å². The number of aromatic nitrogens is 3. The number of thioether (sulfide) groups is 1. The zero-order valence-corrected chi connectivity index (χ0v) is 15.2. The molecule has 0 saturated heterocycles. The fraction of sp³-hybridized carbons (Fsp3) is 0.235. The Morgan fingerprint density at radius 1 is 1.29 bits per heavy atom. The van der Waals surface area contributed by atoms with Crippen LogP contribution in [0.5, 0.6) is 0 Å². The first-order valence-electron chi connectivity index (χ1n) is 7.50. The molecule has 0 saturated carbocycles. The van der Waals surface area contributed by atoms with Gasteiger partial charge in [-0.2, -0.15) is 0 Å². The molecule has 0 aliphatic heterocycles. The third-order valence-corrected chi connectivity index (χ3v) is 5.59. The SMILES string of the molecule is Cc1ccsc1CN(C)C(=O)CSc1nncn1-c1ccccc1. The minimum Gasteiger partial charge on any atom is -0.340 e. The molecule has 0 aliphatic rings. The Hall–Kier alpha value is -2.12. The number of aryl methyl sites for hydroxylation is 1. The van der Waals surface area contributed by atoms with E-state index in [0.29, 0.717) is 12.3 Å². The summed E-state index contributed by atoms with van der Waals surface area (Å²) in [4.78, 5) is 15.4. The van der Waals surface area contributed by atoms with Crippen LogP contribution in [0.25, 0.3) is 5.69 Å². The molecule has 0 unspecified atom stereocenters. The van der Waals surface area contributed by atoms with E-state index in [1.54, 1.807) is 22.6 Å². The average Bonchev–Trinajstić information content (AvgIpc) is 3.22. The molecule has 2 heterocycles. The van der Waals surface area contributed by atoms with Gasteiger partial charge in [0.25, 0.3) is 0 Å². The lowest BCUT2D eigenvalue weighted by molar-refractivity contribution is -0.127. The first-order chi connectivity index (χ1) is 11.6. The normalized spacial score (nSPS) is 10.8. The lowest BCUT2D eigenvalue weighted by Gasteiger charge is -2.16. The van der Waals surface area contributed by atoms with Gasteiger partial charge < -0.3 is 4.90 Å². The number of amides is 1. The van der Waals surface area contributed by atoms with Gasteiger partial charge in [-0.3, -0.25) is 9.36 Å². The van der Waals surface area contributed by atoms with Crippen molar-refractivity contribution in [3.8, 4) is 5.69 Å². The highest BCUT2D eigenvalue weighted by Crippen LogP contribution is 2.21. The van der Waals surface area contributed by atoms with Crippen molar-refractivity contribution in [3.63, 3.8) is 0 Å². The zero-order valence-electron chi connectivity index (χ0n) is 13.5. The van der Waals surface area contributed by atoms with Crippen LogP contribution in [0.4, 0.5) is 0 Å². The van der Waals surface area contributed by atoms with E-state index in [0.717, 1.165) is 10.8 Å². The van der Waals surface area contributed by atoms with Gasteiger partial charge in [-0.25, -0.2) is 0 Å². The maximum Gasteiger partial charge on any atom is 0.233 e. The predicted molar refractivity (Wildman–Crippen MR) is 97.6 cm³/mol. The molecule has 2 aromatic heterocycles. The van der Waals surface area contributed by atoms with Crippen LogP contribution < -0.4 is 0 Å². The van der Waals surface area contributed by atoms with Gasteiger partial charge in [0.05, 0.1) is 12.3 Å². The third kappa shape index (κ3) is 3.85. The summed E-state index contributed by atoms with van der Waals surface area (Å²) in [5.74, 6) is 0.419. The summed E-state index contributed by atoms with van der Waals surface area (Å²) in [6, 6.07) is 11.9. The molecule has 0 atom stereocenters. The van der Waals surface area contributed by atoms with E-state index < -0.39 is 0 Å². The van der Waals surface area contributed by atoms with Crippen molar-refractivity contribution in [3.05, 3.63) is 58.5 Å².